The van der Waals surface area contributed by atoms with Crippen LogP contribution in [0.15, 0.2) is 0 Å². The van der Waals surface area contributed by atoms with Crippen molar-refractivity contribution in [3.8, 4) is 0 Å². The van der Waals surface area contributed by atoms with E-state index in [0.29, 0.717) is 18.9 Å². The molecule has 168 valence electrons. The topological polar surface area (TPSA) is 26.3 Å². The second-order valence-corrected chi connectivity index (χ2v) is 8.83. The summed E-state index contributed by atoms with van der Waals surface area (Å²) in [6.45, 7) is 7.43. The maximum Gasteiger partial charge on any atom is 0.305 e. The lowest BCUT2D eigenvalue weighted by molar-refractivity contribution is -0.145. The Morgan fingerprint density at radius 1 is 0.571 bits per heavy atom. The zero-order valence-electron chi connectivity index (χ0n) is 19.7. The first-order valence-corrected chi connectivity index (χ1v) is 12.9. The van der Waals surface area contributed by atoms with Crippen molar-refractivity contribution in [1.29, 1.82) is 0 Å². The van der Waals surface area contributed by atoms with E-state index in [1.54, 1.807) is 0 Å². The fourth-order valence-corrected chi connectivity index (χ4v) is 3.89. The maximum absolute atomic E-state index is 12.0. The highest BCUT2D eigenvalue weighted by atomic mass is 16.5. The Bertz CT molecular complexity index is 314. The molecule has 0 aliphatic heterocycles. The van der Waals surface area contributed by atoms with Crippen LogP contribution in [0.3, 0.4) is 0 Å². The summed E-state index contributed by atoms with van der Waals surface area (Å²) in [4.78, 5) is 12.0. The van der Waals surface area contributed by atoms with E-state index in [0.717, 1.165) is 6.42 Å². The van der Waals surface area contributed by atoms with Gasteiger partial charge in [-0.25, -0.2) is 0 Å². The molecule has 0 heterocycles. The van der Waals surface area contributed by atoms with Crippen molar-refractivity contribution in [2.75, 3.05) is 6.61 Å². The molecule has 0 bridgehead atoms. The monoisotopic (exact) mass is 396 g/mol. The normalized spacial score (nSPS) is 12.2. The van der Waals surface area contributed by atoms with E-state index in [1.807, 2.05) is 0 Å². The molecule has 2 heteroatoms. The number of esters is 1. The molecular formula is C26H52O2. The average molecular weight is 397 g/mol. The molecule has 28 heavy (non-hydrogen) atoms. The molecule has 0 fully saturated rings. The highest BCUT2D eigenvalue weighted by molar-refractivity contribution is 5.69. The largest absolute Gasteiger partial charge is 0.465 e. The van der Waals surface area contributed by atoms with Gasteiger partial charge in [-0.3, -0.25) is 4.79 Å². The van der Waals surface area contributed by atoms with Crippen LogP contribution in [0.2, 0.25) is 0 Å². The molecule has 0 saturated heterocycles. The second-order valence-electron chi connectivity index (χ2n) is 8.83. The van der Waals surface area contributed by atoms with Crippen LogP contribution in [0.1, 0.15) is 149 Å². The third-order valence-corrected chi connectivity index (χ3v) is 5.90. The number of carbonyl (C=O) groups excluding carboxylic acids is 1. The molecule has 0 saturated carbocycles. The maximum atomic E-state index is 12.0. The molecule has 0 aromatic heterocycles. The predicted octanol–water partition coefficient (Wildman–Crippen LogP) is 9.01. The molecule has 0 spiro atoms. The Morgan fingerprint density at radius 3 is 1.43 bits per heavy atom. The van der Waals surface area contributed by atoms with Gasteiger partial charge in [0.2, 0.25) is 0 Å². The Hall–Kier alpha value is -0.530. The molecule has 0 amide bonds. The van der Waals surface area contributed by atoms with E-state index < -0.39 is 0 Å². The van der Waals surface area contributed by atoms with Crippen molar-refractivity contribution < 1.29 is 9.53 Å². The summed E-state index contributed by atoms with van der Waals surface area (Å²) < 4.78 is 5.66. The van der Waals surface area contributed by atoms with Gasteiger partial charge in [0.05, 0.1) is 6.61 Å². The van der Waals surface area contributed by atoms with Gasteiger partial charge in [0, 0.05) is 6.42 Å². The minimum absolute atomic E-state index is 0.0343. The van der Waals surface area contributed by atoms with Gasteiger partial charge in [-0.15, -0.1) is 0 Å². The zero-order valence-corrected chi connectivity index (χ0v) is 19.7. The van der Waals surface area contributed by atoms with Gasteiger partial charge in [-0.1, -0.05) is 124 Å². The molecule has 1 unspecified atom stereocenters. The first-order valence-electron chi connectivity index (χ1n) is 12.9. The van der Waals surface area contributed by atoms with Gasteiger partial charge in [-0.2, -0.15) is 0 Å². The summed E-state index contributed by atoms with van der Waals surface area (Å²) in [6, 6.07) is 0. The summed E-state index contributed by atoms with van der Waals surface area (Å²) >= 11 is 0. The summed E-state index contributed by atoms with van der Waals surface area (Å²) in [6.07, 6.45) is 25.2. The van der Waals surface area contributed by atoms with Crippen LogP contribution in [-0.4, -0.2) is 12.6 Å². The molecule has 0 N–H and O–H groups in total. The van der Waals surface area contributed by atoms with Crippen molar-refractivity contribution in [2.24, 2.45) is 5.92 Å². The first-order chi connectivity index (χ1) is 13.7. The molecule has 1 atom stereocenters. The molecule has 0 aliphatic carbocycles. The highest BCUT2D eigenvalue weighted by Crippen LogP contribution is 2.20. The van der Waals surface area contributed by atoms with E-state index in [2.05, 4.69) is 20.8 Å². The number of unbranched alkanes of at least 4 members (excludes halogenated alkanes) is 14. The van der Waals surface area contributed by atoms with Crippen LogP contribution in [-0.2, 0) is 9.53 Å². The summed E-state index contributed by atoms with van der Waals surface area (Å²) in [7, 11) is 0. The van der Waals surface area contributed by atoms with Gasteiger partial charge < -0.3 is 4.74 Å². The van der Waals surface area contributed by atoms with Crippen molar-refractivity contribution in [1.82, 2.24) is 0 Å². The molecule has 0 radical (unpaired) electrons. The van der Waals surface area contributed by atoms with Crippen LogP contribution < -0.4 is 0 Å². The molecular weight excluding hydrogens is 344 g/mol. The van der Waals surface area contributed by atoms with E-state index >= 15 is 0 Å². The van der Waals surface area contributed by atoms with Crippen LogP contribution in [0.4, 0.5) is 0 Å². The van der Waals surface area contributed by atoms with Gasteiger partial charge in [0.1, 0.15) is 0 Å². The van der Waals surface area contributed by atoms with Crippen molar-refractivity contribution >= 4 is 5.97 Å². The van der Waals surface area contributed by atoms with Crippen LogP contribution in [0, 0.1) is 5.92 Å². The third-order valence-electron chi connectivity index (χ3n) is 5.90. The molecule has 0 aromatic rings. The van der Waals surface area contributed by atoms with E-state index in [4.69, 9.17) is 4.74 Å². The lowest BCUT2D eigenvalue weighted by Gasteiger charge is -2.17. The lowest BCUT2D eigenvalue weighted by atomic mass is 9.95. The Labute approximate surface area is 177 Å². The van der Waals surface area contributed by atoms with Gasteiger partial charge >= 0.3 is 5.97 Å². The average Bonchev–Trinajstić information content (AvgIpc) is 2.70. The minimum Gasteiger partial charge on any atom is -0.465 e. The summed E-state index contributed by atoms with van der Waals surface area (Å²) in [5, 5.41) is 0. The Morgan fingerprint density at radius 2 is 0.964 bits per heavy atom. The van der Waals surface area contributed by atoms with Crippen LogP contribution >= 0.6 is 0 Å². The number of hydrogen-bond acceptors (Lipinski definition) is 2. The fourth-order valence-electron chi connectivity index (χ4n) is 3.89. The van der Waals surface area contributed by atoms with E-state index in [1.165, 1.54) is 116 Å². The predicted molar refractivity (Wildman–Crippen MR) is 124 cm³/mol. The quantitative estimate of drug-likeness (QED) is 0.135. The Kier molecular flexibility index (Phi) is 22.3. The smallest absolute Gasteiger partial charge is 0.305 e. The zero-order chi connectivity index (χ0) is 20.7. The Balaban J connectivity index is 3.95. The number of rotatable bonds is 22. The van der Waals surface area contributed by atoms with E-state index in [-0.39, 0.29) is 5.97 Å². The van der Waals surface area contributed by atoms with Crippen LogP contribution in [0.25, 0.3) is 0 Å². The minimum atomic E-state index is 0.0343. The number of ether oxygens (including phenoxy) is 1. The number of carbonyl (C=O) groups is 1. The van der Waals surface area contributed by atoms with E-state index in [9.17, 15) is 4.79 Å². The number of hydrogen-bond donors (Lipinski definition) is 0. The first kappa shape index (κ1) is 27.5. The molecule has 0 aromatic carbocycles. The highest BCUT2D eigenvalue weighted by Gasteiger charge is 2.12. The molecule has 2 nitrogen and oxygen atoms in total. The van der Waals surface area contributed by atoms with Crippen LogP contribution in [0.5, 0.6) is 0 Å². The summed E-state index contributed by atoms with van der Waals surface area (Å²) in [5.74, 6) is 0.619. The standard InChI is InChI=1S/C26H52O2/c1-4-7-10-13-14-17-19-22-25(21-18-15-11-8-5-2)24-28-26(27)23-20-16-12-9-6-3/h25H,4-24H2,1-3H3. The van der Waals surface area contributed by atoms with Gasteiger partial charge in [-0.05, 0) is 25.2 Å². The molecule has 0 aliphatic rings. The summed E-state index contributed by atoms with van der Waals surface area (Å²) in [5.41, 5.74) is 0. The van der Waals surface area contributed by atoms with Gasteiger partial charge in [0.25, 0.3) is 0 Å². The van der Waals surface area contributed by atoms with Crippen molar-refractivity contribution in [3.05, 3.63) is 0 Å². The van der Waals surface area contributed by atoms with Crippen molar-refractivity contribution in [3.63, 3.8) is 0 Å². The lowest BCUT2D eigenvalue weighted by Crippen LogP contribution is -2.14. The SMILES string of the molecule is CCCCCCCCCC(CCCCCCC)COC(=O)CCCCCCC. The second kappa shape index (κ2) is 22.8. The fraction of sp³-hybridized carbons (Fsp3) is 0.962. The van der Waals surface area contributed by atoms with Crippen molar-refractivity contribution in [2.45, 2.75) is 149 Å². The third kappa shape index (κ3) is 20.2. The van der Waals surface area contributed by atoms with Gasteiger partial charge in [0.15, 0.2) is 0 Å². The molecule has 0 rings (SSSR count).